The zero-order valence-electron chi connectivity index (χ0n) is 14.2. The maximum Gasteiger partial charge on any atom is 0.269 e. The molecule has 0 aliphatic rings. The molecule has 2 rings (SSSR count). The molecule has 0 fully saturated rings. The fraction of sp³-hybridized carbons (Fsp3) is 0.412. The molecule has 2 aromatic rings. The SMILES string of the molecule is COc1ccc(CNC(=O)c2cc(C(C)C)nn2C)cc1OC. The van der Waals surface area contributed by atoms with Gasteiger partial charge in [-0.1, -0.05) is 19.9 Å². The number of benzene rings is 1. The Bertz CT molecular complexity index is 692. The van der Waals surface area contributed by atoms with E-state index in [-0.39, 0.29) is 11.8 Å². The maximum absolute atomic E-state index is 12.3. The molecule has 0 unspecified atom stereocenters. The van der Waals surface area contributed by atoms with Gasteiger partial charge in [0.15, 0.2) is 11.5 Å². The Balaban J connectivity index is 2.07. The highest BCUT2D eigenvalue weighted by Crippen LogP contribution is 2.27. The van der Waals surface area contributed by atoms with Crippen LogP contribution >= 0.6 is 0 Å². The van der Waals surface area contributed by atoms with E-state index in [1.54, 1.807) is 25.9 Å². The van der Waals surface area contributed by atoms with E-state index in [1.165, 1.54) is 0 Å². The van der Waals surface area contributed by atoms with Crippen LogP contribution in [0.2, 0.25) is 0 Å². The molecule has 1 aromatic carbocycles. The lowest BCUT2D eigenvalue weighted by molar-refractivity contribution is 0.0941. The van der Waals surface area contributed by atoms with Crippen LogP contribution in [-0.2, 0) is 13.6 Å². The Morgan fingerprint density at radius 1 is 1.22 bits per heavy atom. The monoisotopic (exact) mass is 317 g/mol. The minimum absolute atomic E-state index is 0.151. The maximum atomic E-state index is 12.3. The first-order valence-corrected chi connectivity index (χ1v) is 7.49. The zero-order chi connectivity index (χ0) is 17.0. The summed E-state index contributed by atoms with van der Waals surface area (Å²) in [5, 5.41) is 7.26. The van der Waals surface area contributed by atoms with Crippen LogP contribution in [0.3, 0.4) is 0 Å². The minimum Gasteiger partial charge on any atom is -0.493 e. The third-order valence-electron chi connectivity index (χ3n) is 3.62. The van der Waals surface area contributed by atoms with E-state index in [0.29, 0.717) is 23.7 Å². The fourth-order valence-electron chi connectivity index (χ4n) is 2.25. The van der Waals surface area contributed by atoms with Gasteiger partial charge in [-0.05, 0) is 29.7 Å². The molecule has 0 saturated carbocycles. The van der Waals surface area contributed by atoms with E-state index >= 15 is 0 Å². The Morgan fingerprint density at radius 3 is 2.48 bits per heavy atom. The molecular weight excluding hydrogens is 294 g/mol. The van der Waals surface area contributed by atoms with Gasteiger partial charge in [-0.3, -0.25) is 9.48 Å². The summed E-state index contributed by atoms with van der Waals surface area (Å²) in [4.78, 5) is 12.3. The minimum atomic E-state index is -0.151. The van der Waals surface area contributed by atoms with Gasteiger partial charge in [0.05, 0.1) is 19.9 Å². The third kappa shape index (κ3) is 3.83. The van der Waals surface area contributed by atoms with Crippen molar-refractivity contribution in [1.82, 2.24) is 15.1 Å². The number of amides is 1. The number of aryl methyl sites for hydroxylation is 1. The molecule has 1 amide bonds. The molecule has 0 aliphatic heterocycles. The fourth-order valence-corrected chi connectivity index (χ4v) is 2.25. The lowest BCUT2D eigenvalue weighted by Gasteiger charge is -2.10. The van der Waals surface area contributed by atoms with Crippen molar-refractivity contribution in [3.05, 3.63) is 41.2 Å². The van der Waals surface area contributed by atoms with Crippen LogP contribution in [0.1, 0.15) is 41.5 Å². The van der Waals surface area contributed by atoms with Gasteiger partial charge in [0, 0.05) is 13.6 Å². The summed E-state index contributed by atoms with van der Waals surface area (Å²) >= 11 is 0. The molecule has 0 spiro atoms. The number of hydrogen-bond donors (Lipinski definition) is 1. The van der Waals surface area contributed by atoms with Crippen LogP contribution in [0.25, 0.3) is 0 Å². The van der Waals surface area contributed by atoms with Crippen molar-refractivity contribution >= 4 is 5.91 Å². The number of aromatic nitrogens is 2. The lowest BCUT2D eigenvalue weighted by atomic mass is 10.1. The van der Waals surface area contributed by atoms with Crippen molar-refractivity contribution in [1.29, 1.82) is 0 Å². The molecule has 1 aromatic heterocycles. The highest BCUT2D eigenvalue weighted by Gasteiger charge is 2.15. The molecule has 0 atom stereocenters. The number of nitrogens with one attached hydrogen (secondary N) is 1. The van der Waals surface area contributed by atoms with Crippen molar-refractivity contribution < 1.29 is 14.3 Å². The molecule has 0 saturated heterocycles. The largest absolute Gasteiger partial charge is 0.493 e. The number of hydrogen-bond acceptors (Lipinski definition) is 4. The standard InChI is InChI=1S/C17H23N3O3/c1-11(2)13-9-14(20(3)19-13)17(21)18-10-12-6-7-15(22-4)16(8-12)23-5/h6-9,11H,10H2,1-5H3,(H,18,21). The second-order valence-electron chi connectivity index (χ2n) is 5.60. The first-order chi connectivity index (χ1) is 11.0. The molecule has 124 valence electrons. The molecule has 0 aliphatic carbocycles. The number of ether oxygens (including phenoxy) is 2. The van der Waals surface area contributed by atoms with E-state index in [2.05, 4.69) is 10.4 Å². The number of carbonyl (C=O) groups excluding carboxylic acids is 1. The number of methoxy groups -OCH3 is 2. The summed E-state index contributed by atoms with van der Waals surface area (Å²) < 4.78 is 12.1. The van der Waals surface area contributed by atoms with Crippen LogP contribution in [0.5, 0.6) is 11.5 Å². The molecule has 1 N–H and O–H groups in total. The van der Waals surface area contributed by atoms with E-state index in [9.17, 15) is 4.79 Å². The first-order valence-electron chi connectivity index (χ1n) is 7.49. The van der Waals surface area contributed by atoms with Gasteiger partial charge in [-0.2, -0.15) is 5.10 Å². The van der Waals surface area contributed by atoms with Crippen molar-refractivity contribution in [3.8, 4) is 11.5 Å². The van der Waals surface area contributed by atoms with E-state index in [0.717, 1.165) is 11.3 Å². The van der Waals surface area contributed by atoms with E-state index in [1.807, 2.05) is 38.1 Å². The molecule has 23 heavy (non-hydrogen) atoms. The van der Waals surface area contributed by atoms with Gasteiger partial charge in [0.1, 0.15) is 5.69 Å². The van der Waals surface area contributed by atoms with Gasteiger partial charge in [-0.25, -0.2) is 0 Å². The number of nitrogens with zero attached hydrogens (tertiary/aromatic N) is 2. The Labute approximate surface area is 136 Å². The van der Waals surface area contributed by atoms with Crippen LogP contribution in [0.4, 0.5) is 0 Å². The molecule has 6 heteroatoms. The van der Waals surface area contributed by atoms with Crippen molar-refractivity contribution in [2.75, 3.05) is 14.2 Å². The van der Waals surface area contributed by atoms with Gasteiger partial charge >= 0.3 is 0 Å². The molecule has 0 radical (unpaired) electrons. The second kappa shape index (κ2) is 7.17. The van der Waals surface area contributed by atoms with Crippen LogP contribution in [-0.4, -0.2) is 29.9 Å². The molecule has 0 bridgehead atoms. The summed E-state index contributed by atoms with van der Waals surface area (Å²) in [6.45, 7) is 4.50. The Kier molecular flexibility index (Phi) is 5.26. The number of carbonyl (C=O) groups is 1. The molecule has 6 nitrogen and oxygen atoms in total. The summed E-state index contributed by atoms with van der Waals surface area (Å²) in [5.74, 6) is 1.44. The van der Waals surface area contributed by atoms with Crippen LogP contribution in [0, 0.1) is 0 Å². The quantitative estimate of drug-likeness (QED) is 0.889. The van der Waals surface area contributed by atoms with E-state index < -0.39 is 0 Å². The van der Waals surface area contributed by atoms with Crippen molar-refractivity contribution in [2.24, 2.45) is 7.05 Å². The van der Waals surface area contributed by atoms with Crippen molar-refractivity contribution in [2.45, 2.75) is 26.3 Å². The number of rotatable bonds is 6. The van der Waals surface area contributed by atoms with Crippen LogP contribution < -0.4 is 14.8 Å². The Hall–Kier alpha value is -2.50. The molecular formula is C17H23N3O3. The lowest BCUT2D eigenvalue weighted by Crippen LogP contribution is -2.25. The summed E-state index contributed by atoms with van der Waals surface area (Å²) in [5.41, 5.74) is 2.39. The smallest absolute Gasteiger partial charge is 0.269 e. The van der Waals surface area contributed by atoms with E-state index in [4.69, 9.17) is 9.47 Å². The second-order valence-corrected chi connectivity index (χ2v) is 5.60. The van der Waals surface area contributed by atoms with Crippen molar-refractivity contribution in [3.63, 3.8) is 0 Å². The summed E-state index contributed by atoms with van der Waals surface area (Å²) in [6.07, 6.45) is 0. The summed E-state index contributed by atoms with van der Waals surface area (Å²) in [7, 11) is 4.95. The summed E-state index contributed by atoms with van der Waals surface area (Å²) in [6, 6.07) is 7.39. The average molecular weight is 317 g/mol. The molecule has 1 heterocycles. The highest BCUT2D eigenvalue weighted by molar-refractivity contribution is 5.92. The van der Waals surface area contributed by atoms with Gasteiger partial charge in [0.2, 0.25) is 0 Å². The predicted molar refractivity (Wildman–Crippen MR) is 88.0 cm³/mol. The van der Waals surface area contributed by atoms with Gasteiger partial charge in [0.25, 0.3) is 5.91 Å². The normalized spacial score (nSPS) is 10.7. The first kappa shape index (κ1) is 16.9. The van der Waals surface area contributed by atoms with Gasteiger partial charge < -0.3 is 14.8 Å². The van der Waals surface area contributed by atoms with Gasteiger partial charge in [-0.15, -0.1) is 0 Å². The highest BCUT2D eigenvalue weighted by atomic mass is 16.5. The predicted octanol–water partition coefficient (Wildman–Crippen LogP) is 2.49. The Morgan fingerprint density at radius 2 is 1.91 bits per heavy atom. The average Bonchev–Trinajstić information content (AvgIpc) is 2.94. The third-order valence-corrected chi connectivity index (χ3v) is 3.62. The zero-order valence-corrected chi connectivity index (χ0v) is 14.2. The topological polar surface area (TPSA) is 65.4 Å². The van der Waals surface area contributed by atoms with Crippen LogP contribution in [0.15, 0.2) is 24.3 Å².